The number of fused-ring (bicyclic) bond motifs is 12. The summed E-state index contributed by atoms with van der Waals surface area (Å²) in [6.07, 6.45) is 4.05. The van der Waals surface area contributed by atoms with Gasteiger partial charge >= 0.3 is 63.2 Å². The summed E-state index contributed by atoms with van der Waals surface area (Å²) in [6, 6.07) is 122. The molecule has 0 radical (unpaired) electrons. The third-order valence-electron chi connectivity index (χ3n) is 16.4. The Bertz CT molecular complexity index is 5080. The number of rotatable bonds is 10. The second-order valence-corrected chi connectivity index (χ2v) is 23.2. The number of aromatic nitrogens is 6. The summed E-state index contributed by atoms with van der Waals surface area (Å²) in [5, 5.41) is 9.87. The van der Waals surface area contributed by atoms with Crippen LogP contribution in [0.25, 0.3) is 79.2 Å². The maximum absolute atomic E-state index is 5.95. The smallest absolute Gasteiger partial charge is 0.497 e. The van der Waals surface area contributed by atoms with Crippen molar-refractivity contribution in [3.63, 3.8) is 0 Å². The number of pyridine rings is 6. The molecule has 0 aliphatic carbocycles. The zero-order valence-corrected chi connectivity index (χ0v) is 61.9. The van der Waals surface area contributed by atoms with Gasteiger partial charge in [-0.3, -0.25) is 24.8 Å². The molecule has 13 nitrogen and oxygen atoms in total. The SMILES string of the molecule is C(=C1[N-]c2ccccc2N1c1ccccc1)c1cccc(-c2cccc(C=C3[N-]c4ccccc4N3c3ccccc3)n2)n1.[Pt+2].[Pt+2].[Pt+2].[c-]1c2cccc1-c1cccc(n1)Oc1cccc(n1)-c1[c-]c(ccc1)O2.[c-]1ccccc1-c1cccc(N(c2ccccc2)c2cccc(-c3[c-]cccc3)n2)n1. The average molecular weight is 1890 g/mol. The van der Waals surface area contributed by atoms with Gasteiger partial charge in [0.05, 0.1) is 22.8 Å². The van der Waals surface area contributed by atoms with Gasteiger partial charge in [0.15, 0.2) is 0 Å². The molecule has 0 spiro atoms. The van der Waals surface area contributed by atoms with Crippen LogP contribution in [0.1, 0.15) is 11.4 Å². The summed E-state index contributed by atoms with van der Waals surface area (Å²) in [5.41, 5.74) is 17.0. The molecule has 16 heteroatoms. The summed E-state index contributed by atoms with van der Waals surface area (Å²) in [5.74, 6) is 5.37. The molecule has 3 aliphatic rings. The van der Waals surface area contributed by atoms with Crippen molar-refractivity contribution in [1.82, 2.24) is 29.9 Å². The number of hydrogen-bond donors (Lipinski definition) is 0. The Morgan fingerprint density at radius 1 is 0.308 bits per heavy atom. The van der Waals surface area contributed by atoms with E-state index in [1.807, 2.05) is 285 Å². The van der Waals surface area contributed by atoms with E-state index < -0.39 is 0 Å². The predicted octanol–water partition coefficient (Wildman–Crippen LogP) is 22.6. The third kappa shape index (κ3) is 16.2. The van der Waals surface area contributed by atoms with E-state index in [9.17, 15) is 0 Å². The maximum Gasteiger partial charge on any atom is 2.00 e. The van der Waals surface area contributed by atoms with Crippen LogP contribution in [0.5, 0.6) is 23.3 Å². The first-order valence-electron chi connectivity index (χ1n) is 32.8. The van der Waals surface area contributed by atoms with E-state index in [4.69, 9.17) is 40.0 Å². The number of benzene rings is 9. The molecule has 0 saturated heterocycles. The van der Waals surface area contributed by atoms with Crippen LogP contribution < -0.4 is 24.2 Å². The zero-order chi connectivity index (χ0) is 67.5. The molecule has 0 amide bonds. The van der Waals surface area contributed by atoms with Crippen LogP contribution in [0.2, 0.25) is 0 Å². The number of hydrogen-bond acceptors (Lipinski definition) is 11. The molecule has 6 aromatic heterocycles. The number of ether oxygens (including phenoxy) is 2. The van der Waals surface area contributed by atoms with Crippen molar-refractivity contribution in [3.05, 3.63) is 392 Å². The van der Waals surface area contributed by atoms with Crippen LogP contribution in [-0.4, -0.2) is 29.9 Å². The van der Waals surface area contributed by atoms with Gasteiger partial charge in [0.1, 0.15) is 11.6 Å². The van der Waals surface area contributed by atoms with Gasteiger partial charge in [-0.2, -0.15) is 0 Å². The number of anilines is 7. The van der Waals surface area contributed by atoms with Gasteiger partial charge in [-0.25, -0.2) is 9.97 Å². The molecular weight excluding hydrogens is 1830 g/mol. The van der Waals surface area contributed by atoms with Crippen molar-refractivity contribution in [2.24, 2.45) is 0 Å². The van der Waals surface area contributed by atoms with E-state index in [-0.39, 0.29) is 63.2 Å². The number of para-hydroxylation sites is 7. The van der Waals surface area contributed by atoms with Crippen LogP contribution >= 0.6 is 0 Å². The van der Waals surface area contributed by atoms with E-state index in [2.05, 4.69) is 97.5 Å². The molecule has 0 atom stereocenters. The van der Waals surface area contributed by atoms with Gasteiger partial charge in [0.25, 0.3) is 0 Å². The molecule has 9 aromatic carbocycles. The molecule has 8 bridgehead atoms. The third-order valence-corrected chi connectivity index (χ3v) is 16.4. The topological polar surface area (TPSA) is 134 Å². The van der Waals surface area contributed by atoms with Crippen LogP contribution in [0.15, 0.2) is 345 Å². The predicted molar refractivity (Wildman–Crippen MR) is 402 cm³/mol. The Morgan fingerprint density at radius 3 is 1.13 bits per heavy atom. The molecule has 0 unspecified atom stereocenters. The monoisotopic (exact) mass is 1880 g/mol. The zero-order valence-electron chi connectivity index (χ0n) is 55.1. The minimum atomic E-state index is 0. The standard InChI is InChI=1S/C38H26N6.C28H19N3.C22H12N2O2.3Pt/c1-3-15-29(16-4-1)43-35-23-9-7-19-33(35)41-37(43)25-27-13-11-21-31(39-27)32-22-12-14-28(40-32)26-38-42-34-20-8-10-24-36(34)44(38)30-17-5-2-6-18-30;1-4-12-22(13-5-1)25-18-10-20-27(29-25)31(24-16-8-3-9-17-24)28-21-11-19-26(30-28)23-14-6-2-7-15-23;1-5-15-13-17(7-1)25-18-8-2-6-16(14-18)20-10-4-12-22(24-20)26-21-11-3-9-19(15)23-21;;;/h1-26H;1-12,14,16-21H;1-12H;;;/q3*-2;3*+2. The fourth-order valence-electron chi connectivity index (χ4n) is 11.8. The van der Waals surface area contributed by atoms with Crippen molar-refractivity contribution in [3.8, 4) is 79.7 Å². The summed E-state index contributed by atoms with van der Waals surface area (Å²) in [4.78, 5) is 35.4. The Hall–Kier alpha value is -12.0. The van der Waals surface area contributed by atoms with Gasteiger partial charge in [-0.15, -0.1) is 119 Å². The molecule has 506 valence electrons. The fraction of sp³-hybridized carbons (Fsp3) is 0. The summed E-state index contributed by atoms with van der Waals surface area (Å²) in [6.45, 7) is 0. The largest absolute Gasteiger partial charge is 2.00 e. The Balaban J connectivity index is 0.000000142. The van der Waals surface area contributed by atoms with E-state index >= 15 is 0 Å². The molecule has 18 rings (SSSR count). The van der Waals surface area contributed by atoms with Crippen LogP contribution in [-0.2, 0) is 63.2 Å². The molecule has 15 aromatic rings. The fourth-order valence-corrected chi connectivity index (χ4v) is 11.8. The van der Waals surface area contributed by atoms with Gasteiger partial charge < -0.3 is 29.9 Å². The van der Waals surface area contributed by atoms with Gasteiger partial charge in [0.2, 0.25) is 11.8 Å². The molecule has 0 fully saturated rings. The van der Waals surface area contributed by atoms with Crippen LogP contribution in [0, 0.1) is 24.3 Å². The van der Waals surface area contributed by atoms with Crippen molar-refractivity contribution in [1.29, 1.82) is 0 Å². The Kier molecular flexibility index (Phi) is 22.5. The second-order valence-electron chi connectivity index (χ2n) is 23.2. The molecule has 3 aliphatic heterocycles. The normalized spacial score (nSPS) is 12.5. The Morgan fingerprint density at radius 2 is 0.683 bits per heavy atom. The first kappa shape index (κ1) is 70.5. The quantitative estimate of drug-likeness (QED) is 0.121. The van der Waals surface area contributed by atoms with E-state index in [1.54, 1.807) is 12.1 Å². The van der Waals surface area contributed by atoms with Gasteiger partial charge in [-0.1, -0.05) is 212 Å². The molecular formula is C88H57N11O2Pt3. The summed E-state index contributed by atoms with van der Waals surface area (Å²) < 4.78 is 11.8. The van der Waals surface area contributed by atoms with Crippen LogP contribution in [0.3, 0.4) is 0 Å². The number of nitrogens with zero attached hydrogens (tertiary/aromatic N) is 11. The molecule has 9 heterocycles. The maximum atomic E-state index is 5.95. The summed E-state index contributed by atoms with van der Waals surface area (Å²) in [7, 11) is 0. The van der Waals surface area contributed by atoms with E-state index in [0.717, 1.165) is 131 Å². The first-order valence-corrected chi connectivity index (χ1v) is 32.8. The molecule has 0 saturated carbocycles. The first-order chi connectivity index (χ1) is 50.0. The molecule has 104 heavy (non-hydrogen) atoms. The van der Waals surface area contributed by atoms with E-state index in [1.165, 1.54) is 0 Å². The van der Waals surface area contributed by atoms with Crippen LogP contribution in [0.4, 0.5) is 51.4 Å². The van der Waals surface area contributed by atoms with Crippen molar-refractivity contribution in [2.45, 2.75) is 0 Å². The van der Waals surface area contributed by atoms with Crippen molar-refractivity contribution >= 4 is 63.6 Å². The minimum Gasteiger partial charge on any atom is -0.497 e. The van der Waals surface area contributed by atoms with E-state index in [0.29, 0.717) is 23.3 Å². The van der Waals surface area contributed by atoms with Crippen molar-refractivity contribution < 1.29 is 72.7 Å². The molecule has 0 N–H and O–H groups in total. The Labute approximate surface area is 646 Å². The summed E-state index contributed by atoms with van der Waals surface area (Å²) >= 11 is 0. The van der Waals surface area contributed by atoms with Crippen molar-refractivity contribution in [2.75, 3.05) is 14.7 Å². The minimum absolute atomic E-state index is 0. The van der Waals surface area contributed by atoms with Gasteiger partial charge in [-0.05, 0) is 130 Å². The van der Waals surface area contributed by atoms with Gasteiger partial charge in [0, 0.05) is 17.2 Å². The second kappa shape index (κ2) is 33.2. The average Bonchev–Trinajstić information content (AvgIpc) is 1.38.